The Morgan fingerprint density at radius 3 is 2.45 bits per heavy atom. The molecule has 108 valence electrons. The topological polar surface area (TPSA) is 35.1 Å². The molecule has 0 saturated carbocycles. The van der Waals surface area contributed by atoms with Gasteiger partial charge in [0.1, 0.15) is 5.75 Å². The summed E-state index contributed by atoms with van der Waals surface area (Å²) in [6.07, 6.45) is 0. The average Bonchev–Trinajstić information content (AvgIpc) is 2.88. The van der Waals surface area contributed by atoms with E-state index in [0.29, 0.717) is 11.7 Å². The van der Waals surface area contributed by atoms with E-state index >= 15 is 0 Å². The van der Waals surface area contributed by atoms with Gasteiger partial charge in [0.05, 0.1) is 6.04 Å². The maximum atomic E-state index is 11.9. The van der Waals surface area contributed by atoms with Gasteiger partial charge in [-0.25, -0.2) is 0 Å². The van der Waals surface area contributed by atoms with Crippen LogP contribution in [0.1, 0.15) is 31.7 Å². The quantitative estimate of drug-likeness (QED) is 0.804. The van der Waals surface area contributed by atoms with Crippen LogP contribution in [0.2, 0.25) is 0 Å². The third-order valence-electron chi connectivity index (χ3n) is 2.90. The Bertz CT molecular complexity index is 524. The smallest absolute Gasteiger partial charge is 0.127 e. The third kappa shape index (κ3) is 4.35. The molecule has 2 atom stereocenters. The van der Waals surface area contributed by atoms with Crippen LogP contribution in [-0.2, 0) is 11.4 Å². The summed E-state index contributed by atoms with van der Waals surface area (Å²) in [6.45, 7) is 6.24. The van der Waals surface area contributed by atoms with Gasteiger partial charge in [0.2, 0.25) is 0 Å². The first-order valence-corrected chi connectivity index (χ1v) is 8.99. The zero-order valence-electron chi connectivity index (χ0n) is 12.1. The van der Waals surface area contributed by atoms with E-state index < -0.39 is 11.4 Å². The second-order valence-corrected chi connectivity index (χ2v) is 7.69. The van der Waals surface area contributed by atoms with Crippen molar-refractivity contribution < 1.29 is 4.55 Å². The highest BCUT2D eigenvalue weighted by atomic mass is 32.2. The molecule has 0 saturated heterocycles. The summed E-state index contributed by atoms with van der Waals surface area (Å²) in [5.41, 5.74) is 1.24. The van der Waals surface area contributed by atoms with Crippen molar-refractivity contribution in [3.63, 3.8) is 0 Å². The summed E-state index contributed by atoms with van der Waals surface area (Å²) in [5.74, 6) is 1.14. The van der Waals surface area contributed by atoms with Crippen molar-refractivity contribution in [2.24, 2.45) is 5.92 Å². The Kier molecular flexibility index (Phi) is 5.66. The van der Waals surface area contributed by atoms with E-state index in [0.717, 1.165) is 0 Å². The molecule has 0 radical (unpaired) electrons. The van der Waals surface area contributed by atoms with Gasteiger partial charge in [0.15, 0.2) is 0 Å². The highest BCUT2D eigenvalue weighted by molar-refractivity contribution is 7.89. The fourth-order valence-electron chi connectivity index (χ4n) is 1.95. The van der Waals surface area contributed by atoms with Gasteiger partial charge >= 0.3 is 0 Å². The number of nitrogens with one attached hydrogen (secondary N) is 1. The van der Waals surface area contributed by atoms with Gasteiger partial charge in [0.25, 0.3) is 0 Å². The molecule has 4 heteroatoms. The van der Waals surface area contributed by atoms with Crippen molar-refractivity contribution >= 4 is 22.7 Å². The molecule has 1 heterocycles. The summed E-state index contributed by atoms with van der Waals surface area (Å²) in [7, 11) is 0. The summed E-state index contributed by atoms with van der Waals surface area (Å²) < 4.78 is 15.1. The van der Waals surface area contributed by atoms with Crippen LogP contribution >= 0.6 is 11.3 Å². The predicted molar refractivity (Wildman–Crippen MR) is 89.2 cm³/mol. The first-order chi connectivity index (χ1) is 9.56. The Labute approximate surface area is 128 Å². The molecule has 0 aliphatic heterocycles. The molecule has 0 bridgehead atoms. The molecular formula is C16H21NOS2. The SMILES string of the molecule is CC(C)C[S+]([O-])NC(C)c1ccc(-c2ccccc2)s1. The Hall–Kier alpha value is -0.810. The van der Waals surface area contributed by atoms with Crippen molar-refractivity contribution in [2.45, 2.75) is 26.8 Å². The van der Waals surface area contributed by atoms with Crippen molar-refractivity contribution in [1.82, 2.24) is 4.72 Å². The van der Waals surface area contributed by atoms with E-state index in [2.05, 4.69) is 49.8 Å². The minimum atomic E-state index is -0.959. The molecule has 2 nitrogen and oxygen atoms in total. The van der Waals surface area contributed by atoms with Gasteiger partial charge in [-0.2, -0.15) is 0 Å². The molecule has 20 heavy (non-hydrogen) atoms. The van der Waals surface area contributed by atoms with Crippen LogP contribution in [0.5, 0.6) is 0 Å². The van der Waals surface area contributed by atoms with E-state index in [1.165, 1.54) is 15.3 Å². The lowest BCUT2D eigenvalue weighted by atomic mass is 10.2. The van der Waals surface area contributed by atoms with E-state index in [-0.39, 0.29) is 6.04 Å². The molecule has 2 unspecified atom stereocenters. The fraction of sp³-hybridized carbons (Fsp3) is 0.375. The number of hydrogen-bond donors (Lipinski definition) is 1. The zero-order valence-corrected chi connectivity index (χ0v) is 13.8. The molecule has 2 aromatic rings. The summed E-state index contributed by atoms with van der Waals surface area (Å²) in [4.78, 5) is 2.48. The molecule has 1 aromatic carbocycles. The van der Waals surface area contributed by atoms with Crippen molar-refractivity contribution in [2.75, 3.05) is 5.75 Å². The first-order valence-electron chi connectivity index (χ1n) is 6.86. The fourth-order valence-corrected chi connectivity index (χ4v) is 4.26. The normalized spacial score (nSPS) is 14.4. The lowest BCUT2D eigenvalue weighted by Gasteiger charge is -2.17. The lowest BCUT2D eigenvalue weighted by Crippen LogP contribution is -2.30. The van der Waals surface area contributed by atoms with Gasteiger partial charge in [0, 0.05) is 21.1 Å². The van der Waals surface area contributed by atoms with Gasteiger partial charge in [-0.05, 0) is 30.5 Å². The highest BCUT2D eigenvalue weighted by Gasteiger charge is 2.17. The van der Waals surface area contributed by atoms with Gasteiger partial charge in [-0.3, -0.25) is 0 Å². The van der Waals surface area contributed by atoms with Crippen molar-refractivity contribution in [1.29, 1.82) is 0 Å². The average molecular weight is 307 g/mol. The van der Waals surface area contributed by atoms with Crippen molar-refractivity contribution in [3.05, 3.63) is 47.3 Å². The standard InChI is InChI=1S/C16H21NOS2/c1-12(2)11-20(18)17-13(3)15-9-10-16(19-15)14-7-5-4-6-8-14/h4-10,12-13,17H,11H2,1-3H3. The maximum absolute atomic E-state index is 11.9. The molecule has 0 aliphatic carbocycles. The monoisotopic (exact) mass is 307 g/mol. The van der Waals surface area contributed by atoms with E-state index in [1.54, 1.807) is 11.3 Å². The summed E-state index contributed by atoms with van der Waals surface area (Å²) in [5, 5.41) is 0. The largest absolute Gasteiger partial charge is 0.598 e. The minimum Gasteiger partial charge on any atom is -0.598 e. The molecule has 0 amide bonds. The molecule has 0 aliphatic rings. The Morgan fingerprint density at radius 1 is 1.10 bits per heavy atom. The molecule has 0 fully saturated rings. The van der Waals surface area contributed by atoms with Gasteiger partial charge in [-0.1, -0.05) is 44.2 Å². The first kappa shape index (κ1) is 15.6. The third-order valence-corrected chi connectivity index (χ3v) is 5.81. The van der Waals surface area contributed by atoms with Crippen LogP contribution in [0.4, 0.5) is 0 Å². The Balaban J connectivity index is 2.01. The van der Waals surface area contributed by atoms with Crippen LogP contribution in [0.25, 0.3) is 10.4 Å². The summed E-state index contributed by atoms with van der Waals surface area (Å²) in [6, 6.07) is 14.7. The van der Waals surface area contributed by atoms with Crippen LogP contribution in [0.15, 0.2) is 42.5 Å². The number of rotatable bonds is 6. The van der Waals surface area contributed by atoms with Gasteiger partial charge in [-0.15, -0.1) is 16.1 Å². The lowest BCUT2D eigenvalue weighted by molar-refractivity contribution is 0.555. The van der Waals surface area contributed by atoms with Crippen LogP contribution in [0, 0.1) is 5.92 Å². The van der Waals surface area contributed by atoms with Crippen LogP contribution in [0.3, 0.4) is 0 Å². The second kappa shape index (κ2) is 7.27. The maximum Gasteiger partial charge on any atom is 0.127 e. The minimum absolute atomic E-state index is 0.122. The molecular weight excluding hydrogens is 286 g/mol. The number of thiophene rings is 1. The number of benzene rings is 1. The second-order valence-electron chi connectivity index (χ2n) is 5.31. The van der Waals surface area contributed by atoms with E-state index in [1.807, 2.05) is 18.2 Å². The van der Waals surface area contributed by atoms with E-state index in [4.69, 9.17) is 0 Å². The van der Waals surface area contributed by atoms with Crippen molar-refractivity contribution in [3.8, 4) is 10.4 Å². The predicted octanol–water partition coefficient (Wildman–Crippen LogP) is 4.39. The number of hydrogen-bond acceptors (Lipinski definition) is 3. The van der Waals surface area contributed by atoms with Crippen LogP contribution < -0.4 is 4.72 Å². The Morgan fingerprint density at radius 2 is 1.80 bits per heavy atom. The molecule has 0 spiro atoms. The van der Waals surface area contributed by atoms with Crippen LogP contribution in [-0.4, -0.2) is 10.3 Å². The molecule has 1 aromatic heterocycles. The molecule has 2 rings (SSSR count). The summed E-state index contributed by atoms with van der Waals surface area (Å²) >= 11 is 0.799. The van der Waals surface area contributed by atoms with Gasteiger partial charge < -0.3 is 4.55 Å². The van der Waals surface area contributed by atoms with E-state index in [9.17, 15) is 4.55 Å². The zero-order chi connectivity index (χ0) is 14.5. The molecule has 1 N–H and O–H groups in total. The highest BCUT2D eigenvalue weighted by Crippen LogP contribution is 2.31.